The fourth-order valence-electron chi connectivity index (χ4n) is 1.86. The Morgan fingerprint density at radius 1 is 1.32 bits per heavy atom. The van der Waals surface area contributed by atoms with Crippen LogP contribution < -0.4 is 10.5 Å². The van der Waals surface area contributed by atoms with E-state index in [4.69, 9.17) is 10.5 Å². The molecule has 1 aromatic carbocycles. The Balaban J connectivity index is 2.28. The van der Waals surface area contributed by atoms with E-state index in [-0.39, 0.29) is 0 Å². The van der Waals surface area contributed by atoms with Crippen LogP contribution in [-0.2, 0) is 0 Å². The molecule has 0 bridgehead atoms. The molecule has 0 heterocycles. The Labute approximate surface area is 116 Å². The number of nitrogens with two attached hydrogens (primary N) is 1. The molecule has 1 aromatic rings. The highest BCUT2D eigenvalue weighted by molar-refractivity contribution is 5.30. The fraction of sp³-hybridized carbons (Fsp3) is 0.625. The standard InChI is InChI=1S/C16H27NO2/c1-13(2)14-7-6-8-15(11-14)19-10-5-4-9-16(3,18)12-17/h6-8,11,13,18H,4-5,9-10,12,17H2,1-3H3. The van der Waals surface area contributed by atoms with Crippen molar-refractivity contribution in [3.63, 3.8) is 0 Å². The van der Waals surface area contributed by atoms with Crippen LogP contribution >= 0.6 is 0 Å². The van der Waals surface area contributed by atoms with Crippen molar-refractivity contribution in [1.29, 1.82) is 0 Å². The third-order valence-electron chi connectivity index (χ3n) is 3.34. The summed E-state index contributed by atoms with van der Waals surface area (Å²) in [6.45, 7) is 7.12. The number of hydrogen-bond acceptors (Lipinski definition) is 3. The summed E-state index contributed by atoms with van der Waals surface area (Å²) in [5.74, 6) is 1.44. The largest absolute Gasteiger partial charge is 0.494 e. The molecule has 1 atom stereocenters. The molecule has 3 N–H and O–H groups in total. The highest BCUT2D eigenvalue weighted by atomic mass is 16.5. The van der Waals surface area contributed by atoms with Crippen molar-refractivity contribution in [2.24, 2.45) is 5.73 Å². The van der Waals surface area contributed by atoms with Crippen LogP contribution in [0.1, 0.15) is 51.5 Å². The van der Waals surface area contributed by atoms with Crippen LogP contribution in [0.15, 0.2) is 24.3 Å². The number of aliphatic hydroxyl groups is 1. The van der Waals surface area contributed by atoms with Gasteiger partial charge in [0.1, 0.15) is 5.75 Å². The van der Waals surface area contributed by atoms with Gasteiger partial charge in [-0.1, -0.05) is 26.0 Å². The molecule has 108 valence electrons. The smallest absolute Gasteiger partial charge is 0.119 e. The van der Waals surface area contributed by atoms with Gasteiger partial charge in [-0.15, -0.1) is 0 Å². The molecule has 0 aliphatic heterocycles. The van der Waals surface area contributed by atoms with Crippen molar-refractivity contribution in [2.75, 3.05) is 13.2 Å². The number of hydrogen-bond donors (Lipinski definition) is 2. The summed E-state index contributed by atoms with van der Waals surface area (Å²) in [5.41, 5.74) is 6.03. The molecule has 0 saturated carbocycles. The van der Waals surface area contributed by atoms with E-state index in [1.54, 1.807) is 6.92 Å². The lowest BCUT2D eigenvalue weighted by molar-refractivity contribution is 0.0562. The second-order valence-electron chi connectivity index (χ2n) is 5.73. The topological polar surface area (TPSA) is 55.5 Å². The van der Waals surface area contributed by atoms with Gasteiger partial charge in [-0.05, 0) is 49.8 Å². The van der Waals surface area contributed by atoms with E-state index < -0.39 is 5.60 Å². The van der Waals surface area contributed by atoms with Crippen LogP contribution in [0.25, 0.3) is 0 Å². The molecule has 3 nitrogen and oxygen atoms in total. The van der Waals surface area contributed by atoms with Gasteiger partial charge in [0, 0.05) is 6.54 Å². The van der Waals surface area contributed by atoms with Gasteiger partial charge >= 0.3 is 0 Å². The first-order valence-electron chi connectivity index (χ1n) is 7.10. The third-order valence-corrected chi connectivity index (χ3v) is 3.34. The molecule has 0 aromatic heterocycles. The predicted octanol–water partition coefficient (Wildman–Crippen LogP) is 3.07. The first-order chi connectivity index (χ1) is 8.94. The van der Waals surface area contributed by atoms with Crippen LogP contribution in [0.5, 0.6) is 5.75 Å². The second kappa shape index (κ2) is 7.51. The summed E-state index contributed by atoms with van der Waals surface area (Å²) >= 11 is 0. The Bertz CT molecular complexity index is 375. The van der Waals surface area contributed by atoms with Gasteiger partial charge in [-0.2, -0.15) is 0 Å². The Hall–Kier alpha value is -1.06. The lowest BCUT2D eigenvalue weighted by Gasteiger charge is -2.20. The van der Waals surface area contributed by atoms with E-state index in [1.807, 2.05) is 12.1 Å². The molecule has 3 heteroatoms. The molecule has 0 aliphatic carbocycles. The Kier molecular flexibility index (Phi) is 6.32. The summed E-state index contributed by atoms with van der Waals surface area (Å²) in [7, 11) is 0. The molecule has 1 rings (SSSR count). The summed E-state index contributed by atoms with van der Waals surface area (Å²) in [6.07, 6.45) is 2.58. The molecular formula is C16H27NO2. The maximum Gasteiger partial charge on any atom is 0.119 e. The van der Waals surface area contributed by atoms with E-state index in [0.29, 0.717) is 19.1 Å². The normalized spacial score (nSPS) is 14.4. The Morgan fingerprint density at radius 2 is 2.05 bits per heavy atom. The number of ether oxygens (including phenoxy) is 1. The molecule has 0 radical (unpaired) electrons. The average molecular weight is 265 g/mol. The monoisotopic (exact) mass is 265 g/mol. The number of unbranched alkanes of at least 4 members (excludes halogenated alkanes) is 1. The second-order valence-corrected chi connectivity index (χ2v) is 5.73. The van der Waals surface area contributed by atoms with Gasteiger partial charge in [-0.3, -0.25) is 0 Å². The van der Waals surface area contributed by atoms with Crippen molar-refractivity contribution in [3.8, 4) is 5.75 Å². The minimum absolute atomic E-state index is 0.310. The highest BCUT2D eigenvalue weighted by Gasteiger charge is 2.16. The van der Waals surface area contributed by atoms with Gasteiger partial charge in [-0.25, -0.2) is 0 Å². The average Bonchev–Trinajstić information content (AvgIpc) is 2.38. The van der Waals surface area contributed by atoms with Crippen LogP contribution in [0.3, 0.4) is 0 Å². The van der Waals surface area contributed by atoms with Crippen molar-refractivity contribution in [2.45, 2.75) is 51.6 Å². The first kappa shape index (κ1) is 16.0. The first-order valence-corrected chi connectivity index (χ1v) is 7.10. The lowest BCUT2D eigenvalue weighted by atomic mass is 9.99. The number of rotatable bonds is 8. The SMILES string of the molecule is CC(C)c1cccc(OCCCCC(C)(O)CN)c1. The van der Waals surface area contributed by atoms with Crippen molar-refractivity contribution in [3.05, 3.63) is 29.8 Å². The van der Waals surface area contributed by atoms with Crippen molar-refractivity contribution >= 4 is 0 Å². The van der Waals surface area contributed by atoms with E-state index in [2.05, 4.69) is 26.0 Å². The minimum Gasteiger partial charge on any atom is -0.494 e. The van der Waals surface area contributed by atoms with Crippen molar-refractivity contribution in [1.82, 2.24) is 0 Å². The molecule has 0 saturated heterocycles. The molecule has 1 unspecified atom stereocenters. The van der Waals surface area contributed by atoms with E-state index in [1.165, 1.54) is 5.56 Å². The van der Waals surface area contributed by atoms with Gasteiger partial charge in [0.2, 0.25) is 0 Å². The van der Waals surface area contributed by atoms with Gasteiger partial charge in [0.25, 0.3) is 0 Å². The maximum atomic E-state index is 9.77. The fourth-order valence-corrected chi connectivity index (χ4v) is 1.86. The molecule has 0 fully saturated rings. The van der Waals surface area contributed by atoms with E-state index in [0.717, 1.165) is 25.0 Å². The quantitative estimate of drug-likeness (QED) is 0.710. The highest BCUT2D eigenvalue weighted by Crippen LogP contribution is 2.20. The summed E-state index contributed by atoms with van der Waals surface area (Å²) in [4.78, 5) is 0. The minimum atomic E-state index is -0.739. The zero-order chi connectivity index (χ0) is 14.3. The summed E-state index contributed by atoms with van der Waals surface area (Å²) < 4.78 is 5.73. The van der Waals surface area contributed by atoms with Crippen LogP contribution in [0.2, 0.25) is 0 Å². The third kappa shape index (κ3) is 6.08. The zero-order valence-corrected chi connectivity index (χ0v) is 12.4. The summed E-state index contributed by atoms with van der Waals surface area (Å²) in [5, 5.41) is 9.77. The maximum absolute atomic E-state index is 9.77. The molecular weight excluding hydrogens is 238 g/mol. The Morgan fingerprint density at radius 3 is 2.68 bits per heavy atom. The van der Waals surface area contributed by atoms with Gasteiger partial charge in [0.15, 0.2) is 0 Å². The van der Waals surface area contributed by atoms with Crippen LogP contribution in [-0.4, -0.2) is 23.9 Å². The van der Waals surface area contributed by atoms with Crippen LogP contribution in [0, 0.1) is 0 Å². The molecule has 19 heavy (non-hydrogen) atoms. The van der Waals surface area contributed by atoms with Gasteiger partial charge < -0.3 is 15.6 Å². The summed E-state index contributed by atoms with van der Waals surface area (Å²) in [6, 6.07) is 8.24. The van der Waals surface area contributed by atoms with Gasteiger partial charge in [0.05, 0.1) is 12.2 Å². The zero-order valence-electron chi connectivity index (χ0n) is 12.4. The van der Waals surface area contributed by atoms with Crippen LogP contribution in [0.4, 0.5) is 0 Å². The predicted molar refractivity (Wildman–Crippen MR) is 79.6 cm³/mol. The van der Waals surface area contributed by atoms with Crippen molar-refractivity contribution < 1.29 is 9.84 Å². The molecule has 0 spiro atoms. The van der Waals surface area contributed by atoms with E-state index in [9.17, 15) is 5.11 Å². The van der Waals surface area contributed by atoms with E-state index >= 15 is 0 Å². The number of benzene rings is 1. The molecule has 0 amide bonds. The lowest BCUT2D eigenvalue weighted by Crippen LogP contribution is -2.33. The molecule has 0 aliphatic rings.